The van der Waals surface area contributed by atoms with E-state index >= 15 is 0 Å². The molecule has 0 radical (unpaired) electrons. The highest BCUT2D eigenvalue weighted by molar-refractivity contribution is 5.38. The summed E-state index contributed by atoms with van der Waals surface area (Å²) >= 11 is 0. The van der Waals surface area contributed by atoms with Gasteiger partial charge in [0.25, 0.3) is 0 Å². The topological polar surface area (TPSA) is 0 Å². The number of hydrogen-bond acceptors (Lipinski definition) is 0. The summed E-state index contributed by atoms with van der Waals surface area (Å²) in [5.74, 6) is -1.39. The van der Waals surface area contributed by atoms with E-state index < -0.39 is 11.6 Å². The van der Waals surface area contributed by atoms with Crippen LogP contribution in [0.2, 0.25) is 0 Å². The molecule has 0 fully saturated rings. The van der Waals surface area contributed by atoms with E-state index in [9.17, 15) is 8.78 Å². The van der Waals surface area contributed by atoms with Crippen LogP contribution in [0.1, 0.15) is 43.7 Å². The highest BCUT2D eigenvalue weighted by Crippen LogP contribution is 2.27. The van der Waals surface area contributed by atoms with Gasteiger partial charge in [0.1, 0.15) is 0 Å². The van der Waals surface area contributed by atoms with Crippen molar-refractivity contribution < 1.29 is 8.78 Å². The van der Waals surface area contributed by atoms with Crippen LogP contribution in [0.25, 0.3) is 0 Å². The van der Waals surface area contributed by atoms with Crippen LogP contribution in [0, 0.1) is 11.6 Å². The zero-order valence-electron chi connectivity index (χ0n) is 10.2. The van der Waals surface area contributed by atoms with Crippen molar-refractivity contribution in [2.75, 3.05) is 0 Å². The normalized spacial score (nSPS) is 14.4. The van der Waals surface area contributed by atoms with Crippen LogP contribution in [0.3, 0.4) is 0 Å². The van der Waals surface area contributed by atoms with Crippen molar-refractivity contribution in [1.82, 2.24) is 0 Å². The van der Waals surface area contributed by atoms with E-state index in [-0.39, 0.29) is 0 Å². The van der Waals surface area contributed by atoms with Crippen molar-refractivity contribution in [3.8, 4) is 0 Å². The van der Waals surface area contributed by atoms with Crippen LogP contribution >= 0.6 is 0 Å². The summed E-state index contributed by atoms with van der Waals surface area (Å²) in [6.45, 7) is 2.18. The number of benzene rings is 1. The van der Waals surface area contributed by atoms with Crippen molar-refractivity contribution in [2.24, 2.45) is 0 Å². The zero-order valence-corrected chi connectivity index (χ0v) is 10.2. The lowest BCUT2D eigenvalue weighted by molar-refractivity contribution is 0.498. The Labute approximate surface area is 101 Å². The molecule has 0 amide bonds. The molecule has 0 N–H and O–H groups in total. The van der Waals surface area contributed by atoms with Gasteiger partial charge in [0.15, 0.2) is 11.6 Å². The fourth-order valence-electron chi connectivity index (χ4n) is 2.37. The lowest BCUT2D eigenvalue weighted by Crippen LogP contribution is -2.07. The second kappa shape index (κ2) is 5.44. The molecular formula is C15H18F2. The summed E-state index contributed by atoms with van der Waals surface area (Å²) < 4.78 is 26.6. The van der Waals surface area contributed by atoms with Gasteiger partial charge in [-0.15, -0.1) is 0 Å². The van der Waals surface area contributed by atoms with Crippen molar-refractivity contribution >= 4 is 0 Å². The highest BCUT2D eigenvalue weighted by Gasteiger charge is 2.17. The van der Waals surface area contributed by atoms with Gasteiger partial charge in [0.2, 0.25) is 0 Å². The first kappa shape index (κ1) is 12.3. The quantitative estimate of drug-likeness (QED) is 0.530. The Hall–Kier alpha value is -1.18. The Balaban J connectivity index is 2.07. The number of rotatable bonds is 4. The zero-order chi connectivity index (χ0) is 12.3. The minimum atomic E-state index is -0.730. The third kappa shape index (κ3) is 2.74. The first-order valence-electron chi connectivity index (χ1n) is 6.36. The van der Waals surface area contributed by atoms with Gasteiger partial charge >= 0.3 is 0 Å². The summed E-state index contributed by atoms with van der Waals surface area (Å²) in [5.41, 5.74) is 2.87. The average Bonchev–Trinajstić information content (AvgIpc) is 2.34. The van der Waals surface area contributed by atoms with E-state index in [1.54, 1.807) is 6.07 Å². The monoisotopic (exact) mass is 236 g/mol. The van der Waals surface area contributed by atoms with Crippen molar-refractivity contribution in [2.45, 2.75) is 45.4 Å². The second-order valence-electron chi connectivity index (χ2n) is 4.70. The molecule has 17 heavy (non-hydrogen) atoms. The summed E-state index contributed by atoms with van der Waals surface area (Å²) in [6.07, 6.45) is 8.14. The molecule has 1 aliphatic carbocycles. The molecule has 1 aromatic carbocycles. The van der Waals surface area contributed by atoms with E-state index in [1.165, 1.54) is 30.9 Å². The van der Waals surface area contributed by atoms with Gasteiger partial charge < -0.3 is 0 Å². The van der Waals surface area contributed by atoms with E-state index in [0.717, 1.165) is 18.4 Å². The van der Waals surface area contributed by atoms with Gasteiger partial charge in [-0.1, -0.05) is 37.5 Å². The Morgan fingerprint density at radius 2 is 2.00 bits per heavy atom. The van der Waals surface area contributed by atoms with E-state index in [2.05, 4.69) is 13.0 Å². The second-order valence-corrected chi connectivity index (χ2v) is 4.70. The summed E-state index contributed by atoms with van der Waals surface area (Å²) in [4.78, 5) is 0. The number of hydrogen-bond donors (Lipinski definition) is 0. The number of unbranched alkanes of at least 4 members (excludes halogenated alkanes) is 2. The van der Waals surface area contributed by atoms with Gasteiger partial charge in [-0.25, -0.2) is 8.78 Å². The van der Waals surface area contributed by atoms with Crippen LogP contribution in [-0.2, 0) is 12.8 Å². The fourth-order valence-corrected chi connectivity index (χ4v) is 2.37. The molecule has 1 aliphatic rings. The number of fused-ring (bicyclic) bond motifs is 1. The molecule has 0 spiro atoms. The molecule has 2 rings (SSSR count). The molecule has 0 saturated carbocycles. The molecular weight excluding hydrogens is 218 g/mol. The molecule has 92 valence electrons. The molecule has 0 heterocycles. The summed E-state index contributed by atoms with van der Waals surface area (Å²) in [6, 6.07) is 2.96. The minimum Gasteiger partial charge on any atom is -0.204 e. The van der Waals surface area contributed by atoms with Crippen molar-refractivity contribution in [3.63, 3.8) is 0 Å². The molecule has 0 atom stereocenters. The molecule has 0 unspecified atom stereocenters. The Kier molecular flexibility index (Phi) is 3.93. The van der Waals surface area contributed by atoms with Crippen LogP contribution in [0.4, 0.5) is 8.78 Å². The molecule has 0 aliphatic heterocycles. The molecule has 2 heteroatoms. The summed E-state index contributed by atoms with van der Waals surface area (Å²) in [7, 11) is 0. The third-order valence-corrected chi connectivity index (χ3v) is 3.41. The molecule has 1 aromatic rings. The highest BCUT2D eigenvalue weighted by atomic mass is 19.2. The minimum absolute atomic E-state index is 0.542. The SMILES string of the molecule is CCCCCC1=CCc2c(ccc(F)c2F)C1. The van der Waals surface area contributed by atoms with Gasteiger partial charge in [0, 0.05) is 0 Å². The Morgan fingerprint density at radius 1 is 1.18 bits per heavy atom. The fraction of sp³-hybridized carbons (Fsp3) is 0.467. The maximum absolute atomic E-state index is 13.5. The van der Waals surface area contributed by atoms with Gasteiger partial charge in [-0.3, -0.25) is 0 Å². The van der Waals surface area contributed by atoms with Crippen LogP contribution in [0.5, 0.6) is 0 Å². The summed E-state index contributed by atoms with van der Waals surface area (Å²) in [5, 5.41) is 0. The van der Waals surface area contributed by atoms with Crippen LogP contribution in [-0.4, -0.2) is 0 Å². The first-order valence-corrected chi connectivity index (χ1v) is 6.36. The predicted molar refractivity (Wildman–Crippen MR) is 66.0 cm³/mol. The lowest BCUT2D eigenvalue weighted by atomic mass is 9.89. The largest absolute Gasteiger partial charge is 0.204 e. The van der Waals surface area contributed by atoms with Gasteiger partial charge in [0.05, 0.1) is 0 Å². The van der Waals surface area contributed by atoms with Gasteiger partial charge in [-0.2, -0.15) is 0 Å². The standard InChI is InChI=1S/C15H18F2/c1-2-3-4-5-11-6-8-13-12(10-11)7-9-14(16)15(13)17/h6-7,9H,2-5,8,10H2,1H3. The molecule has 0 aromatic heterocycles. The third-order valence-electron chi connectivity index (χ3n) is 3.41. The average molecular weight is 236 g/mol. The maximum Gasteiger partial charge on any atom is 0.162 e. The van der Waals surface area contributed by atoms with E-state index in [4.69, 9.17) is 0 Å². The number of allylic oxidation sites excluding steroid dienone is 2. The van der Waals surface area contributed by atoms with Crippen LogP contribution < -0.4 is 0 Å². The van der Waals surface area contributed by atoms with Gasteiger partial charge in [-0.05, 0) is 42.9 Å². The smallest absolute Gasteiger partial charge is 0.162 e. The van der Waals surface area contributed by atoms with E-state index in [1.807, 2.05) is 0 Å². The Bertz CT molecular complexity index is 433. The molecule has 0 nitrogen and oxygen atoms in total. The molecule has 0 bridgehead atoms. The van der Waals surface area contributed by atoms with Crippen LogP contribution in [0.15, 0.2) is 23.8 Å². The maximum atomic E-state index is 13.5. The number of halogens is 2. The predicted octanol–water partition coefficient (Wildman–Crippen LogP) is 4.57. The van der Waals surface area contributed by atoms with Crippen molar-refractivity contribution in [3.05, 3.63) is 46.5 Å². The Morgan fingerprint density at radius 3 is 2.76 bits per heavy atom. The first-order chi connectivity index (χ1) is 8.22. The van der Waals surface area contributed by atoms with E-state index in [0.29, 0.717) is 12.0 Å². The van der Waals surface area contributed by atoms with Crippen molar-refractivity contribution in [1.29, 1.82) is 0 Å². The molecule has 0 saturated heterocycles. The lowest BCUT2D eigenvalue weighted by Gasteiger charge is -2.17.